The number of nitrogens with zero attached hydrogens (tertiary/aromatic N) is 2. The van der Waals surface area contributed by atoms with Gasteiger partial charge in [-0.05, 0) is 30.3 Å². The van der Waals surface area contributed by atoms with Gasteiger partial charge in [-0.1, -0.05) is 35.9 Å². The summed E-state index contributed by atoms with van der Waals surface area (Å²) in [6, 6.07) is 15.6. The van der Waals surface area contributed by atoms with E-state index in [4.69, 9.17) is 16.3 Å². The number of likely N-dealkylation sites (tertiary alicyclic amines) is 1. The molecule has 3 aromatic rings. The van der Waals surface area contributed by atoms with E-state index in [0.29, 0.717) is 31.0 Å². The van der Waals surface area contributed by atoms with E-state index in [2.05, 4.69) is 9.71 Å². The summed E-state index contributed by atoms with van der Waals surface area (Å²) in [5.74, 6) is 0.466. The Labute approximate surface area is 186 Å². The normalized spacial score (nSPS) is 15.2. The maximum Gasteiger partial charge on any atom is 0.241 e. The Bertz CT molecular complexity index is 1190. The number of carbonyl (C=O) groups excluding carboxylic acids is 1. The smallest absolute Gasteiger partial charge is 0.241 e. The topological polar surface area (TPSA) is 88.6 Å². The van der Waals surface area contributed by atoms with Crippen molar-refractivity contribution >= 4 is 38.4 Å². The molecule has 1 fully saturated rings. The molecule has 1 N–H and O–H groups in total. The van der Waals surface area contributed by atoms with E-state index >= 15 is 0 Å². The van der Waals surface area contributed by atoms with E-state index in [-0.39, 0.29) is 23.5 Å². The molecule has 0 atom stereocenters. The molecule has 0 saturated carbocycles. The molecular weight excluding hydrogens is 438 g/mol. The number of carbonyl (C=O) groups is 1. The number of piperidine rings is 1. The van der Waals surface area contributed by atoms with Crippen molar-refractivity contribution in [3.63, 3.8) is 0 Å². The number of hydrogen-bond donors (Lipinski definition) is 1. The SMILES string of the molecule is O=C(CNS(=O)(=O)c1cccc(Cl)c1)N1CCC(Oc2cccc3cccnc23)CC1. The number of benzene rings is 2. The second-order valence-corrected chi connectivity index (χ2v) is 9.51. The molecular formula is C22H22ClN3O4S. The highest BCUT2D eigenvalue weighted by Gasteiger charge is 2.25. The van der Waals surface area contributed by atoms with Crippen LogP contribution in [0.5, 0.6) is 5.75 Å². The molecule has 9 heteroatoms. The minimum atomic E-state index is -3.80. The second-order valence-electron chi connectivity index (χ2n) is 7.31. The van der Waals surface area contributed by atoms with Crippen LogP contribution in [0.3, 0.4) is 0 Å². The van der Waals surface area contributed by atoms with Crippen LogP contribution in [0.1, 0.15) is 12.8 Å². The standard InChI is InChI=1S/C22H22ClN3O4S/c23-17-6-2-7-19(14-17)31(28,29)25-15-21(27)26-12-9-18(10-13-26)30-20-8-1-4-16-5-3-11-24-22(16)20/h1-8,11,14,18,25H,9-10,12-13,15H2. The number of amides is 1. The average molecular weight is 460 g/mol. The summed E-state index contributed by atoms with van der Waals surface area (Å²) in [4.78, 5) is 18.6. The van der Waals surface area contributed by atoms with Crippen molar-refractivity contribution in [2.75, 3.05) is 19.6 Å². The minimum Gasteiger partial charge on any atom is -0.488 e. The number of aromatic nitrogens is 1. The highest BCUT2D eigenvalue weighted by molar-refractivity contribution is 7.89. The largest absolute Gasteiger partial charge is 0.488 e. The van der Waals surface area contributed by atoms with Gasteiger partial charge in [0, 0.05) is 42.5 Å². The van der Waals surface area contributed by atoms with E-state index in [1.807, 2.05) is 30.3 Å². The van der Waals surface area contributed by atoms with Crippen molar-refractivity contribution in [3.05, 3.63) is 65.8 Å². The first-order chi connectivity index (χ1) is 14.9. The molecule has 2 aromatic carbocycles. The number of nitrogens with one attached hydrogen (secondary N) is 1. The minimum absolute atomic E-state index is 0.0280. The monoisotopic (exact) mass is 459 g/mol. The molecule has 1 amide bonds. The lowest BCUT2D eigenvalue weighted by molar-refractivity contribution is -0.131. The van der Waals surface area contributed by atoms with Gasteiger partial charge < -0.3 is 9.64 Å². The molecule has 0 bridgehead atoms. The number of fused-ring (bicyclic) bond motifs is 1. The fraction of sp³-hybridized carbons (Fsp3) is 0.273. The maximum absolute atomic E-state index is 12.5. The molecule has 0 unspecified atom stereocenters. The van der Waals surface area contributed by atoms with Gasteiger partial charge in [-0.3, -0.25) is 9.78 Å². The summed E-state index contributed by atoms with van der Waals surface area (Å²) in [7, 11) is -3.80. The Kier molecular flexibility index (Phi) is 6.41. The Morgan fingerprint density at radius 1 is 1.13 bits per heavy atom. The lowest BCUT2D eigenvalue weighted by Gasteiger charge is -2.32. The van der Waals surface area contributed by atoms with Crippen LogP contribution in [0.25, 0.3) is 10.9 Å². The molecule has 4 rings (SSSR count). The highest BCUT2D eigenvalue weighted by atomic mass is 35.5. The van der Waals surface area contributed by atoms with Gasteiger partial charge in [-0.15, -0.1) is 0 Å². The molecule has 0 aliphatic carbocycles. The van der Waals surface area contributed by atoms with Crippen molar-refractivity contribution in [1.82, 2.24) is 14.6 Å². The summed E-state index contributed by atoms with van der Waals surface area (Å²) >= 11 is 5.86. The second kappa shape index (κ2) is 9.21. The molecule has 1 aromatic heterocycles. The number of sulfonamides is 1. The third kappa shape index (κ3) is 5.15. The quantitative estimate of drug-likeness (QED) is 0.611. The van der Waals surface area contributed by atoms with Gasteiger partial charge in [0.15, 0.2) is 0 Å². The van der Waals surface area contributed by atoms with Crippen molar-refractivity contribution in [2.45, 2.75) is 23.8 Å². The first-order valence-electron chi connectivity index (χ1n) is 9.96. The summed E-state index contributed by atoms with van der Waals surface area (Å²) in [5.41, 5.74) is 0.818. The lowest BCUT2D eigenvalue weighted by atomic mass is 10.1. The fourth-order valence-corrected chi connectivity index (χ4v) is 4.83. The predicted molar refractivity (Wildman–Crippen MR) is 119 cm³/mol. The highest BCUT2D eigenvalue weighted by Crippen LogP contribution is 2.26. The van der Waals surface area contributed by atoms with Crippen LogP contribution >= 0.6 is 11.6 Å². The Morgan fingerprint density at radius 2 is 1.87 bits per heavy atom. The van der Waals surface area contributed by atoms with Crippen molar-refractivity contribution in [1.29, 1.82) is 0 Å². The molecule has 162 valence electrons. The maximum atomic E-state index is 12.5. The van der Waals surface area contributed by atoms with E-state index in [1.165, 1.54) is 12.1 Å². The van der Waals surface area contributed by atoms with E-state index in [9.17, 15) is 13.2 Å². The molecule has 1 saturated heterocycles. The molecule has 0 spiro atoms. The van der Waals surface area contributed by atoms with Crippen LogP contribution in [-0.4, -0.2) is 49.9 Å². The third-order valence-electron chi connectivity index (χ3n) is 5.20. The van der Waals surface area contributed by atoms with Gasteiger partial charge in [0.1, 0.15) is 17.4 Å². The van der Waals surface area contributed by atoms with Crippen LogP contribution in [-0.2, 0) is 14.8 Å². The zero-order valence-electron chi connectivity index (χ0n) is 16.7. The third-order valence-corrected chi connectivity index (χ3v) is 6.84. The zero-order valence-corrected chi connectivity index (χ0v) is 18.3. The predicted octanol–water partition coefficient (Wildman–Crippen LogP) is 3.24. The van der Waals surface area contributed by atoms with Gasteiger partial charge in [0.05, 0.1) is 11.4 Å². The lowest BCUT2D eigenvalue weighted by Crippen LogP contribution is -2.46. The first kappa shape index (κ1) is 21.5. The van der Waals surface area contributed by atoms with Gasteiger partial charge in [0.2, 0.25) is 15.9 Å². The van der Waals surface area contributed by atoms with Gasteiger partial charge in [-0.2, -0.15) is 0 Å². The van der Waals surface area contributed by atoms with Crippen molar-refractivity contribution in [2.24, 2.45) is 0 Å². The molecule has 2 heterocycles. The molecule has 31 heavy (non-hydrogen) atoms. The Balaban J connectivity index is 1.31. The molecule has 1 aliphatic rings. The van der Waals surface area contributed by atoms with Crippen LogP contribution in [0.2, 0.25) is 5.02 Å². The number of halogens is 1. The number of ether oxygens (including phenoxy) is 1. The summed E-state index contributed by atoms with van der Waals surface area (Å²) in [6.45, 7) is 0.703. The van der Waals surface area contributed by atoms with Crippen LogP contribution in [0.15, 0.2) is 65.7 Å². The zero-order chi connectivity index (χ0) is 21.8. The summed E-state index contributed by atoms with van der Waals surface area (Å²) in [6.07, 6.45) is 3.03. The van der Waals surface area contributed by atoms with Crippen LogP contribution in [0, 0.1) is 0 Å². The van der Waals surface area contributed by atoms with Gasteiger partial charge in [0.25, 0.3) is 0 Å². The number of para-hydroxylation sites is 1. The number of rotatable bonds is 6. The summed E-state index contributed by atoms with van der Waals surface area (Å²) < 4.78 is 33.2. The van der Waals surface area contributed by atoms with Crippen molar-refractivity contribution in [3.8, 4) is 5.75 Å². The number of hydrogen-bond acceptors (Lipinski definition) is 5. The van der Waals surface area contributed by atoms with Crippen LogP contribution < -0.4 is 9.46 Å². The van der Waals surface area contributed by atoms with Crippen molar-refractivity contribution < 1.29 is 17.9 Å². The van der Waals surface area contributed by atoms with E-state index in [1.54, 1.807) is 23.2 Å². The molecule has 1 aliphatic heterocycles. The van der Waals surface area contributed by atoms with Gasteiger partial charge in [-0.25, -0.2) is 13.1 Å². The fourth-order valence-electron chi connectivity index (χ4n) is 3.56. The summed E-state index contributed by atoms with van der Waals surface area (Å²) in [5, 5.41) is 1.33. The van der Waals surface area contributed by atoms with Crippen LogP contribution in [0.4, 0.5) is 0 Å². The average Bonchev–Trinajstić information content (AvgIpc) is 2.78. The first-order valence-corrected chi connectivity index (χ1v) is 11.8. The Hall–Kier alpha value is -2.68. The Morgan fingerprint density at radius 3 is 2.65 bits per heavy atom. The molecule has 0 radical (unpaired) electrons. The van der Waals surface area contributed by atoms with E-state index in [0.717, 1.165) is 16.7 Å². The molecule has 7 nitrogen and oxygen atoms in total. The van der Waals surface area contributed by atoms with E-state index < -0.39 is 10.0 Å². The van der Waals surface area contributed by atoms with Gasteiger partial charge >= 0.3 is 0 Å². The number of pyridine rings is 1.